The molecule has 2 amide bonds. The molecule has 0 radical (unpaired) electrons. The van der Waals surface area contributed by atoms with E-state index in [0.29, 0.717) is 18.9 Å². The minimum absolute atomic E-state index is 0.0207. The van der Waals surface area contributed by atoms with E-state index >= 15 is 0 Å². The van der Waals surface area contributed by atoms with Crippen molar-refractivity contribution >= 4 is 11.8 Å². The first-order valence-electron chi connectivity index (χ1n) is 6.96. The fourth-order valence-corrected chi connectivity index (χ4v) is 2.04. The van der Waals surface area contributed by atoms with Gasteiger partial charge < -0.3 is 16.0 Å². The van der Waals surface area contributed by atoms with Crippen LogP contribution < -0.4 is 16.0 Å². The molecule has 5 nitrogen and oxygen atoms in total. The molecule has 1 aliphatic rings. The molecule has 0 aliphatic carbocycles. The third-order valence-electron chi connectivity index (χ3n) is 3.19. The second-order valence-corrected chi connectivity index (χ2v) is 4.85. The molecule has 104 valence electrons. The van der Waals surface area contributed by atoms with Crippen LogP contribution in [0.3, 0.4) is 0 Å². The SMILES string of the molecule is CCCNC(=O)CCC(=O)NCCC1CCNC1. The lowest BCUT2D eigenvalue weighted by Crippen LogP contribution is -2.29. The molecule has 1 unspecified atom stereocenters. The Kier molecular flexibility index (Phi) is 7.41. The van der Waals surface area contributed by atoms with Gasteiger partial charge in [-0.15, -0.1) is 0 Å². The topological polar surface area (TPSA) is 70.2 Å². The van der Waals surface area contributed by atoms with Gasteiger partial charge in [0.2, 0.25) is 11.8 Å². The van der Waals surface area contributed by atoms with Gasteiger partial charge in [0.15, 0.2) is 0 Å². The van der Waals surface area contributed by atoms with E-state index in [4.69, 9.17) is 0 Å². The zero-order valence-corrected chi connectivity index (χ0v) is 11.3. The number of nitrogens with one attached hydrogen (secondary N) is 3. The monoisotopic (exact) mass is 255 g/mol. The molecular weight excluding hydrogens is 230 g/mol. The molecule has 1 fully saturated rings. The van der Waals surface area contributed by atoms with Crippen LogP contribution in [0.25, 0.3) is 0 Å². The lowest BCUT2D eigenvalue weighted by atomic mass is 10.1. The first kappa shape index (κ1) is 15.0. The summed E-state index contributed by atoms with van der Waals surface area (Å²) in [7, 11) is 0. The first-order chi connectivity index (χ1) is 8.72. The van der Waals surface area contributed by atoms with E-state index in [0.717, 1.165) is 32.5 Å². The van der Waals surface area contributed by atoms with E-state index < -0.39 is 0 Å². The van der Waals surface area contributed by atoms with Crippen molar-refractivity contribution in [1.82, 2.24) is 16.0 Å². The summed E-state index contributed by atoms with van der Waals surface area (Å²) in [6, 6.07) is 0. The van der Waals surface area contributed by atoms with Crippen LogP contribution in [-0.2, 0) is 9.59 Å². The van der Waals surface area contributed by atoms with Crippen molar-refractivity contribution in [2.24, 2.45) is 5.92 Å². The van der Waals surface area contributed by atoms with Crippen LogP contribution in [0, 0.1) is 5.92 Å². The molecule has 3 N–H and O–H groups in total. The quantitative estimate of drug-likeness (QED) is 0.588. The minimum atomic E-state index is -0.0352. The van der Waals surface area contributed by atoms with Crippen molar-refractivity contribution in [2.75, 3.05) is 26.2 Å². The predicted molar refractivity (Wildman–Crippen MR) is 71.1 cm³/mol. The lowest BCUT2D eigenvalue weighted by molar-refractivity contribution is -0.126. The Balaban J connectivity index is 1.97. The molecule has 0 bridgehead atoms. The highest BCUT2D eigenvalue weighted by molar-refractivity contribution is 5.83. The zero-order chi connectivity index (χ0) is 13.2. The summed E-state index contributed by atoms with van der Waals surface area (Å²) in [4.78, 5) is 22.8. The Morgan fingerprint density at radius 2 is 1.83 bits per heavy atom. The molecule has 1 aliphatic heterocycles. The molecule has 5 heteroatoms. The van der Waals surface area contributed by atoms with Crippen molar-refractivity contribution in [3.63, 3.8) is 0 Å². The van der Waals surface area contributed by atoms with Crippen molar-refractivity contribution in [2.45, 2.75) is 39.0 Å². The molecule has 1 atom stereocenters. The van der Waals surface area contributed by atoms with Crippen molar-refractivity contribution in [1.29, 1.82) is 0 Å². The van der Waals surface area contributed by atoms with Crippen molar-refractivity contribution in [3.8, 4) is 0 Å². The van der Waals surface area contributed by atoms with E-state index in [2.05, 4.69) is 16.0 Å². The van der Waals surface area contributed by atoms with Crippen LogP contribution in [0.2, 0.25) is 0 Å². The second-order valence-electron chi connectivity index (χ2n) is 4.85. The molecule has 18 heavy (non-hydrogen) atoms. The number of hydrogen-bond donors (Lipinski definition) is 3. The molecule has 0 aromatic carbocycles. The molecular formula is C13H25N3O2. The Hall–Kier alpha value is -1.10. The highest BCUT2D eigenvalue weighted by Crippen LogP contribution is 2.10. The van der Waals surface area contributed by atoms with Gasteiger partial charge in [0.05, 0.1) is 0 Å². The fourth-order valence-electron chi connectivity index (χ4n) is 2.04. The van der Waals surface area contributed by atoms with Gasteiger partial charge in [-0.2, -0.15) is 0 Å². The molecule has 0 aromatic rings. The normalized spacial score (nSPS) is 18.6. The summed E-state index contributed by atoms with van der Waals surface area (Å²) in [5.41, 5.74) is 0. The molecule has 0 aromatic heterocycles. The van der Waals surface area contributed by atoms with Gasteiger partial charge in [-0.25, -0.2) is 0 Å². The van der Waals surface area contributed by atoms with Crippen LogP contribution in [0.5, 0.6) is 0 Å². The average Bonchev–Trinajstić information content (AvgIpc) is 2.87. The maximum atomic E-state index is 11.5. The number of carbonyl (C=O) groups is 2. The van der Waals surface area contributed by atoms with Gasteiger partial charge in [-0.3, -0.25) is 9.59 Å². The summed E-state index contributed by atoms with van der Waals surface area (Å²) >= 11 is 0. The zero-order valence-electron chi connectivity index (χ0n) is 11.3. The Bertz CT molecular complexity index is 263. The summed E-state index contributed by atoms with van der Waals surface area (Å²) in [5, 5.41) is 8.94. The van der Waals surface area contributed by atoms with Gasteiger partial charge in [0, 0.05) is 25.9 Å². The van der Waals surface area contributed by atoms with Gasteiger partial charge in [-0.1, -0.05) is 6.92 Å². The highest BCUT2D eigenvalue weighted by atomic mass is 16.2. The Morgan fingerprint density at radius 3 is 2.39 bits per heavy atom. The number of amides is 2. The van der Waals surface area contributed by atoms with E-state index in [1.165, 1.54) is 6.42 Å². The fraction of sp³-hybridized carbons (Fsp3) is 0.846. The van der Waals surface area contributed by atoms with Crippen LogP contribution in [0.4, 0.5) is 0 Å². The lowest BCUT2D eigenvalue weighted by Gasteiger charge is -2.09. The predicted octanol–water partition coefficient (Wildman–Crippen LogP) is 0.409. The Morgan fingerprint density at radius 1 is 1.17 bits per heavy atom. The third kappa shape index (κ3) is 6.59. The Labute approximate surface area is 109 Å². The average molecular weight is 255 g/mol. The first-order valence-corrected chi connectivity index (χ1v) is 6.96. The molecule has 1 heterocycles. The molecule has 0 saturated carbocycles. The molecule has 1 rings (SSSR count). The van der Waals surface area contributed by atoms with Gasteiger partial charge in [-0.05, 0) is 38.3 Å². The van der Waals surface area contributed by atoms with Gasteiger partial charge in [0.1, 0.15) is 0 Å². The molecule has 0 spiro atoms. The van der Waals surface area contributed by atoms with Crippen LogP contribution >= 0.6 is 0 Å². The molecule has 1 saturated heterocycles. The van der Waals surface area contributed by atoms with Crippen molar-refractivity contribution < 1.29 is 9.59 Å². The number of hydrogen-bond acceptors (Lipinski definition) is 3. The van der Waals surface area contributed by atoms with Crippen molar-refractivity contribution in [3.05, 3.63) is 0 Å². The standard InChI is InChI=1S/C13H25N3O2/c1-2-7-15-12(17)3-4-13(18)16-9-6-11-5-8-14-10-11/h11,14H,2-10H2,1H3,(H,15,17)(H,16,18). The maximum Gasteiger partial charge on any atom is 0.220 e. The summed E-state index contributed by atoms with van der Waals surface area (Å²) in [6.45, 7) is 5.58. The largest absolute Gasteiger partial charge is 0.356 e. The summed E-state index contributed by atoms with van der Waals surface area (Å²) in [6.07, 6.45) is 3.73. The highest BCUT2D eigenvalue weighted by Gasteiger charge is 2.14. The summed E-state index contributed by atoms with van der Waals surface area (Å²) < 4.78 is 0. The maximum absolute atomic E-state index is 11.5. The van der Waals surface area contributed by atoms with E-state index in [1.807, 2.05) is 6.92 Å². The van der Waals surface area contributed by atoms with Gasteiger partial charge >= 0.3 is 0 Å². The number of rotatable bonds is 8. The second kappa shape index (κ2) is 8.91. The van der Waals surface area contributed by atoms with E-state index in [-0.39, 0.29) is 18.2 Å². The van der Waals surface area contributed by atoms with Crippen LogP contribution in [0.1, 0.15) is 39.0 Å². The minimum Gasteiger partial charge on any atom is -0.356 e. The summed E-state index contributed by atoms with van der Waals surface area (Å²) in [5.74, 6) is 0.637. The van der Waals surface area contributed by atoms with E-state index in [1.54, 1.807) is 0 Å². The van der Waals surface area contributed by atoms with Gasteiger partial charge in [0.25, 0.3) is 0 Å². The van der Waals surface area contributed by atoms with E-state index in [9.17, 15) is 9.59 Å². The van der Waals surface area contributed by atoms with Crippen LogP contribution in [-0.4, -0.2) is 38.0 Å². The smallest absolute Gasteiger partial charge is 0.220 e. The third-order valence-corrected chi connectivity index (χ3v) is 3.19. The van der Waals surface area contributed by atoms with Crippen LogP contribution in [0.15, 0.2) is 0 Å². The number of carbonyl (C=O) groups excluding carboxylic acids is 2.